The summed E-state index contributed by atoms with van der Waals surface area (Å²) in [5.41, 5.74) is 0. The molecule has 0 amide bonds. The average molecular weight is 234 g/mol. The zero-order valence-electron chi connectivity index (χ0n) is 9.52. The minimum absolute atomic E-state index is 0.429. The fraction of sp³-hybridized carbons (Fsp3) is 0.643. The Morgan fingerprint density at radius 3 is 2.94 bits per heavy atom. The van der Waals surface area contributed by atoms with E-state index in [4.69, 9.17) is 0 Å². The summed E-state index contributed by atoms with van der Waals surface area (Å²) in [4.78, 5) is 13.5. The van der Waals surface area contributed by atoms with Gasteiger partial charge in [-0.3, -0.25) is 4.79 Å². The van der Waals surface area contributed by atoms with E-state index in [0.29, 0.717) is 11.7 Å². The van der Waals surface area contributed by atoms with Crippen LogP contribution in [0.5, 0.6) is 0 Å². The molecule has 2 heteroatoms. The molecule has 2 fully saturated rings. The number of carbonyl (C=O) groups is 1. The molecule has 2 bridgehead atoms. The maximum atomic E-state index is 12.1. The van der Waals surface area contributed by atoms with Gasteiger partial charge in [0.1, 0.15) is 5.78 Å². The summed E-state index contributed by atoms with van der Waals surface area (Å²) in [6, 6.07) is 4.21. The summed E-state index contributed by atoms with van der Waals surface area (Å²) in [6.07, 6.45) is 6.99. The Labute approximate surface area is 101 Å². The first-order valence-corrected chi connectivity index (χ1v) is 7.26. The molecule has 0 N–H and O–H groups in total. The van der Waals surface area contributed by atoms with Gasteiger partial charge >= 0.3 is 0 Å². The second-order valence-corrected chi connectivity index (χ2v) is 6.36. The summed E-state index contributed by atoms with van der Waals surface area (Å²) in [5, 5.41) is 2.09. The van der Waals surface area contributed by atoms with Gasteiger partial charge < -0.3 is 0 Å². The van der Waals surface area contributed by atoms with Crippen molar-refractivity contribution in [3.63, 3.8) is 0 Å². The number of aryl methyl sites for hydroxylation is 1. The van der Waals surface area contributed by atoms with E-state index >= 15 is 0 Å². The Morgan fingerprint density at radius 2 is 2.31 bits per heavy atom. The van der Waals surface area contributed by atoms with Gasteiger partial charge in [0.15, 0.2) is 0 Å². The lowest BCUT2D eigenvalue weighted by Gasteiger charge is -2.19. The largest absolute Gasteiger partial charge is 0.299 e. The number of carbonyl (C=O) groups excluding carboxylic acids is 1. The summed E-state index contributed by atoms with van der Waals surface area (Å²) in [6.45, 7) is 0. The highest BCUT2D eigenvalue weighted by Gasteiger charge is 2.42. The molecule has 86 valence electrons. The molecule has 1 aromatic heterocycles. The topological polar surface area (TPSA) is 17.1 Å². The number of hydrogen-bond donors (Lipinski definition) is 0. The number of Topliss-reactive ketones (excluding diaryl/α,β-unsaturated/α-hetero) is 1. The number of fused-ring (bicyclic) bond motifs is 2. The third-order valence-corrected chi connectivity index (χ3v) is 5.29. The van der Waals surface area contributed by atoms with Gasteiger partial charge in [-0.1, -0.05) is 12.5 Å². The van der Waals surface area contributed by atoms with E-state index in [1.165, 1.54) is 30.6 Å². The molecule has 2 aliphatic carbocycles. The van der Waals surface area contributed by atoms with Gasteiger partial charge in [-0.2, -0.15) is 0 Å². The first-order chi connectivity index (χ1) is 7.83. The molecule has 0 radical (unpaired) electrons. The van der Waals surface area contributed by atoms with Crippen molar-refractivity contribution in [2.75, 3.05) is 0 Å². The quantitative estimate of drug-likeness (QED) is 0.776. The molecule has 0 aliphatic heterocycles. The van der Waals surface area contributed by atoms with Crippen LogP contribution in [-0.4, -0.2) is 5.78 Å². The van der Waals surface area contributed by atoms with Crippen LogP contribution in [0.3, 0.4) is 0 Å². The number of thiophene rings is 1. The molecule has 16 heavy (non-hydrogen) atoms. The first-order valence-electron chi connectivity index (χ1n) is 6.38. The Kier molecular flexibility index (Phi) is 2.84. The van der Waals surface area contributed by atoms with Crippen molar-refractivity contribution in [2.45, 2.75) is 38.5 Å². The Hall–Kier alpha value is -0.630. The molecule has 2 aliphatic rings. The smallest absolute Gasteiger partial charge is 0.136 e. The normalized spacial score (nSPS) is 32.1. The van der Waals surface area contributed by atoms with Crippen LogP contribution < -0.4 is 0 Å². The van der Waals surface area contributed by atoms with Gasteiger partial charge in [0.2, 0.25) is 0 Å². The van der Waals surface area contributed by atoms with Crippen molar-refractivity contribution in [2.24, 2.45) is 17.8 Å². The predicted molar refractivity (Wildman–Crippen MR) is 66.6 cm³/mol. The van der Waals surface area contributed by atoms with Crippen LogP contribution in [0.15, 0.2) is 17.5 Å². The summed E-state index contributed by atoms with van der Waals surface area (Å²) >= 11 is 1.77. The lowest BCUT2D eigenvalue weighted by Crippen LogP contribution is -2.21. The SMILES string of the molecule is O=C(CCc1cccs1)C1CC2CCC1C2. The Balaban J connectivity index is 1.54. The molecule has 3 unspecified atom stereocenters. The third-order valence-electron chi connectivity index (χ3n) is 4.35. The first kappa shape index (κ1) is 10.5. The van der Waals surface area contributed by atoms with Gasteiger partial charge in [0, 0.05) is 17.2 Å². The molecule has 0 spiro atoms. The molecule has 1 aromatic rings. The van der Waals surface area contributed by atoms with Crippen molar-refractivity contribution in [1.82, 2.24) is 0 Å². The molecular weight excluding hydrogens is 216 g/mol. The van der Waals surface area contributed by atoms with Crippen molar-refractivity contribution in [3.05, 3.63) is 22.4 Å². The summed E-state index contributed by atoms with van der Waals surface area (Å²) in [7, 11) is 0. The molecule has 0 saturated heterocycles. The van der Waals surface area contributed by atoms with E-state index in [-0.39, 0.29) is 0 Å². The number of ketones is 1. The van der Waals surface area contributed by atoms with Crippen molar-refractivity contribution < 1.29 is 4.79 Å². The summed E-state index contributed by atoms with van der Waals surface area (Å²) < 4.78 is 0. The second-order valence-electron chi connectivity index (χ2n) is 5.33. The van der Waals surface area contributed by atoms with E-state index in [0.717, 1.165) is 24.7 Å². The van der Waals surface area contributed by atoms with E-state index in [1.54, 1.807) is 11.3 Å². The fourth-order valence-electron chi connectivity index (χ4n) is 3.53. The number of hydrogen-bond acceptors (Lipinski definition) is 2. The highest BCUT2D eigenvalue weighted by atomic mass is 32.1. The van der Waals surface area contributed by atoms with E-state index in [9.17, 15) is 4.79 Å². The fourth-order valence-corrected chi connectivity index (χ4v) is 4.23. The van der Waals surface area contributed by atoms with Crippen molar-refractivity contribution in [3.8, 4) is 0 Å². The minimum atomic E-state index is 0.429. The molecular formula is C14H18OS. The van der Waals surface area contributed by atoms with E-state index in [1.807, 2.05) is 0 Å². The van der Waals surface area contributed by atoms with Crippen LogP contribution in [0, 0.1) is 17.8 Å². The van der Waals surface area contributed by atoms with Gasteiger partial charge in [0.05, 0.1) is 0 Å². The van der Waals surface area contributed by atoms with E-state index < -0.39 is 0 Å². The highest BCUT2D eigenvalue weighted by Crippen LogP contribution is 2.48. The Bertz CT molecular complexity index is 368. The predicted octanol–water partition coefficient (Wildman–Crippen LogP) is 3.69. The monoisotopic (exact) mass is 234 g/mol. The maximum absolute atomic E-state index is 12.1. The van der Waals surface area contributed by atoms with Crippen LogP contribution in [-0.2, 0) is 11.2 Å². The van der Waals surface area contributed by atoms with Crippen molar-refractivity contribution >= 4 is 17.1 Å². The van der Waals surface area contributed by atoms with Crippen LogP contribution in [0.4, 0.5) is 0 Å². The Morgan fingerprint density at radius 1 is 1.38 bits per heavy atom. The maximum Gasteiger partial charge on any atom is 0.136 e. The van der Waals surface area contributed by atoms with Crippen LogP contribution in [0.2, 0.25) is 0 Å². The number of rotatable bonds is 4. The molecule has 1 heterocycles. The van der Waals surface area contributed by atoms with Crippen LogP contribution >= 0.6 is 11.3 Å². The van der Waals surface area contributed by atoms with Crippen molar-refractivity contribution in [1.29, 1.82) is 0 Å². The van der Waals surface area contributed by atoms with Gasteiger partial charge in [-0.15, -0.1) is 11.3 Å². The van der Waals surface area contributed by atoms with Crippen LogP contribution in [0.1, 0.15) is 37.0 Å². The van der Waals surface area contributed by atoms with Crippen LogP contribution in [0.25, 0.3) is 0 Å². The minimum Gasteiger partial charge on any atom is -0.299 e. The lowest BCUT2D eigenvalue weighted by molar-refractivity contribution is -0.124. The molecule has 1 nitrogen and oxygen atoms in total. The molecule has 3 rings (SSSR count). The lowest BCUT2D eigenvalue weighted by atomic mass is 9.84. The molecule has 3 atom stereocenters. The van der Waals surface area contributed by atoms with E-state index in [2.05, 4.69) is 17.5 Å². The van der Waals surface area contributed by atoms with Gasteiger partial charge in [-0.05, 0) is 49.0 Å². The summed E-state index contributed by atoms with van der Waals surface area (Å²) in [5.74, 6) is 2.61. The average Bonchev–Trinajstić information content (AvgIpc) is 3.01. The second kappa shape index (κ2) is 4.33. The van der Waals surface area contributed by atoms with Gasteiger partial charge in [-0.25, -0.2) is 0 Å². The zero-order valence-corrected chi connectivity index (χ0v) is 10.3. The zero-order chi connectivity index (χ0) is 11.0. The molecule has 0 aromatic carbocycles. The standard InChI is InChI=1S/C14H18OS/c15-14(6-5-12-2-1-7-16-12)13-9-10-3-4-11(13)8-10/h1-2,7,10-11,13H,3-6,8-9H2. The van der Waals surface area contributed by atoms with Gasteiger partial charge in [0.25, 0.3) is 0 Å². The molecule has 2 saturated carbocycles. The highest BCUT2D eigenvalue weighted by molar-refractivity contribution is 7.09. The third kappa shape index (κ3) is 1.95.